The van der Waals surface area contributed by atoms with Crippen molar-refractivity contribution in [1.82, 2.24) is 0 Å². The van der Waals surface area contributed by atoms with Crippen molar-refractivity contribution in [2.75, 3.05) is 0 Å². The predicted octanol–water partition coefficient (Wildman–Crippen LogP) is -3.66. The van der Waals surface area contributed by atoms with Crippen molar-refractivity contribution < 1.29 is 39.5 Å². The van der Waals surface area contributed by atoms with Crippen molar-refractivity contribution in [2.24, 2.45) is 5.73 Å². The van der Waals surface area contributed by atoms with Gasteiger partial charge in [-0.25, -0.2) is 0 Å². The first-order chi connectivity index (χ1) is 5.01. The Labute approximate surface area is 93.6 Å². The largest absolute Gasteiger partial charge is 1.00 e. The van der Waals surface area contributed by atoms with Gasteiger partial charge in [-0.15, -0.1) is 0 Å². The van der Waals surface area contributed by atoms with Gasteiger partial charge in [-0.2, -0.15) is 0 Å². The Balaban J connectivity index is 0.00000121. The maximum Gasteiger partial charge on any atom is 1.00 e. The molecule has 0 aromatic rings. The van der Waals surface area contributed by atoms with Crippen molar-refractivity contribution in [3.05, 3.63) is 23.8 Å². The SMILES string of the molecule is CC1(N)C=CC(C(=O)[O-])=CC1.[Na+]. The summed E-state index contributed by atoms with van der Waals surface area (Å²) in [6, 6.07) is 0. The van der Waals surface area contributed by atoms with Gasteiger partial charge in [-0.05, 0) is 18.9 Å². The third-order valence-electron chi connectivity index (χ3n) is 1.64. The zero-order valence-electron chi connectivity index (χ0n) is 7.33. The van der Waals surface area contributed by atoms with Gasteiger partial charge in [-0.1, -0.05) is 18.2 Å². The summed E-state index contributed by atoms with van der Waals surface area (Å²) in [6.45, 7) is 1.84. The fourth-order valence-corrected chi connectivity index (χ4v) is 0.897. The van der Waals surface area contributed by atoms with E-state index in [-0.39, 0.29) is 35.1 Å². The molecule has 60 valence electrons. The van der Waals surface area contributed by atoms with Gasteiger partial charge < -0.3 is 15.6 Å². The maximum absolute atomic E-state index is 10.3. The molecule has 0 aromatic heterocycles. The fraction of sp³-hybridized carbons (Fsp3) is 0.375. The van der Waals surface area contributed by atoms with E-state index < -0.39 is 11.5 Å². The van der Waals surface area contributed by atoms with Crippen LogP contribution in [0.2, 0.25) is 0 Å². The topological polar surface area (TPSA) is 66.2 Å². The summed E-state index contributed by atoms with van der Waals surface area (Å²) in [6.07, 6.45) is 5.29. The first-order valence-corrected chi connectivity index (χ1v) is 3.41. The molecule has 1 aliphatic carbocycles. The van der Waals surface area contributed by atoms with Crippen molar-refractivity contribution >= 4 is 5.97 Å². The summed E-state index contributed by atoms with van der Waals surface area (Å²) in [5.74, 6) is -1.14. The number of carbonyl (C=O) groups is 1. The molecule has 0 aromatic carbocycles. The number of carboxylic acid groups (broad SMARTS) is 1. The molecule has 0 saturated carbocycles. The van der Waals surface area contributed by atoms with Crippen LogP contribution >= 0.6 is 0 Å². The third-order valence-corrected chi connectivity index (χ3v) is 1.64. The Bertz CT molecular complexity index is 243. The van der Waals surface area contributed by atoms with E-state index in [0.717, 1.165) is 0 Å². The second-order valence-electron chi connectivity index (χ2n) is 2.99. The average Bonchev–Trinajstić information content (AvgIpc) is 1.86. The number of hydrogen-bond donors (Lipinski definition) is 1. The zero-order valence-corrected chi connectivity index (χ0v) is 9.33. The van der Waals surface area contributed by atoms with Gasteiger partial charge in [0, 0.05) is 5.54 Å². The van der Waals surface area contributed by atoms with Crippen LogP contribution in [-0.2, 0) is 4.79 Å². The minimum atomic E-state index is -1.14. The van der Waals surface area contributed by atoms with Crippen molar-refractivity contribution in [1.29, 1.82) is 0 Å². The van der Waals surface area contributed by atoms with Gasteiger partial charge in [0.25, 0.3) is 0 Å². The molecular weight excluding hydrogens is 165 g/mol. The Morgan fingerprint density at radius 1 is 1.75 bits per heavy atom. The molecule has 1 unspecified atom stereocenters. The van der Waals surface area contributed by atoms with Crippen LogP contribution in [0, 0.1) is 0 Å². The van der Waals surface area contributed by atoms with Gasteiger partial charge in [0.05, 0.1) is 5.97 Å². The van der Waals surface area contributed by atoms with Crippen LogP contribution in [0.4, 0.5) is 0 Å². The van der Waals surface area contributed by atoms with Crippen molar-refractivity contribution in [2.45, 2.75) is 18.9 Å². The molecule has 0 bridgehead atoms. The Kier molecular flexibility index (Phi) is 4.20. The van der Waals surface area contributed by atoms with E-state index in [2.05, 4.69) is 0 Å². The first kappa shape index (κ1) is 11.9. The molecule has 12 heavy (non-hydrogen) atoms. The normalized spacial score (nSPS) is 27.3. The van der Waals surface area contributed by atoms with Crippen LogP contribution in [0.25, 0.3) is 0 Å². The van der Waals surface area contributed by atoms with Crippen LogP contribution < -0.4 is 40.4 Å². The molecule has 1 rings (SSSR count). The van der Waals surface area contributed by atoms with Gasteiger partial charge in [-0.3, -0.25) is 0 Å². The molecule has 0 radical (unpaired) electrons. The molecule has 2 N–H and O–H groups in total. The number of hydrogen-bond acceptors (Lipinski definition) is 3. The molecule has 1 aliphatic rings. The summed E-state index contributed by atoms with van der Waals surface area (Å²) in [4.78, 5) is 10.3. The van der Waals surface area contributed by atoms with Gasteiger partial charge in [0.15, 0.2) is 0 Å². The summed E-state index contributed by atoms with van der Waals surface area (Å²) in [7, 11) is 0. The molecule has 0 aliphatic heterocycles. The van der Waals surface area contributed by atoms with Crippen LogP contribution in [0.3, 0.4) is 0 Å². The van der Waals surface area contributed by atoms with Crippen LogP contribution in [-0.4, -0.2) is 11.5 Å². The van der Waals surface area contributed by atoms with Crippen molar-refractivity contribution in [3.8, 4) is 0 Å². The smallest absolute Gasteiger partial charge is 0.545 e. The minimum Gasteiger partial charge on any atom is -0.545 e. The Morgan fingerprint density at radius 3 is 2.67 bits per heavy atom. The molecule has 0 spiro atoms. The summed E-state index contributed by atoms with van der Waals surface area (Å²) in [5.41, 5.74) is 5.51. The molecule has 4 heteroatoms. The average molecular weight is 175 g/mol. The molecule has 3 nitrogen and oxygen atoms in total. The van der Waals surface area contributed by atoms with E-state index in [1.54, 1.807) is 12.2 Å². The third kappa shape index (κ3) is 3.11. The minimum absolute atomic E-state index is 0. The van der Waals surface area contributed by atoms with Gasteiger partial charge in [0.2, 0.25) is 0 Å². The number of aliphatic carboxylic acids is 1. The van der Waals surface area contributed by atoms with Gasteiger partial charge in [0.1, 0.15) is 0 Å². The molecular formula is C8H10NNaO2. The molecule has 0 fully saturated rings. The van der Waals surface area contributed by atoms with Crippen LogP contribution in [0.1, 0.15) is 13.3 Å². The number of nitrogens with two attached hydrogens (primary N) is 1. The van der Waals surface area contributed by atoms with Crippen LogP contribution in [0.15, 0.2) is 23.8 Å². The van der Waals surface area contributed by atoms with Gasteiger partial charge >= 0.3 is 29.6 Å². The zero-order chi connectivity index (χ0) is 8.48. The van der Waals surface area contributed by atoms with E-state index in [9.17, 15) is 9.90 Å². The van der Waals surface area contributed by atoms with E-state index in [1.165, 1.54) is 6.08 Å². The van der Waals surface area contributed by atoms with E-state index >= 15 is 0 Å². The number of rotatable bonds is 1. The van der Waals surface area contributed by atoms with Crippen molar-refractivity contribution in [3.63, 3.8) is 0 Å². The maximum atomic E-state index is 10.3. The predicted molar refractivity (Wildman–Crippen MR) is 39.4 cm³/mol. The fourth-order valence-electron chi connectivity index (χ4n) is 0.897. The quantitative estimate of drug-likeness (QED) is 0.418. The number of carbonyl (C=O) groups excluding carboxylic acids is 1. The van der Waals surface area contributed by atoms with E-state index in [0.29, 0.717) is 6.42 Å². The molecule has 0 amide bonds. The summed E-state index contributed by atoms with van der Waals surface area (Å²) < 4.78 is 0. The Hall–Kier alpha value is -0.0900. The second-order valence-corrected chi connectivity index (χ2v) is 2.99. The molecule has 1 atom stereocenters. The monoisotopic (exact) mass is 175 g/mol. The summed E-state index contributed by atoms with van der Waals surface area (Å²) >= 11 is 0. The molecule has 0 heterocycles. The first-order valence-electron chi connectivity index (χ1n) is 3.41. The standard InChI is InChI=1S/C8H11NO2.Na/c1-8(9)4-2-6(3-5-8)7(10)11;/h2-4H,5,9H2,1H3,(H,10,11);/q;+1/p-1. The summed E-state index contributed by atoms with van der Waals surface area (Å²) in [5, 5.41) is 10.3. The second kappa shape index (κ2) is 4.23. The number of carboxylic acids is 1. The van der Waals surface area contributed by atoms with E-state index in [1.807, 2.05) is 6.92 Å². The molecule has 0 saturated heterocycles. The van der Waals surface area contributed by atoms with Crippen LogP contribution in [0.5, 0.6) is 0 Å². The van der Waals surface area contributed by atoms with E-state index in [4.69, 9.17) is 5.73 Å². The Morgan fingerprint density at radius 2 is 2.33 bits per heavy atom.